The van der Waals surface area contributed by atoms with E-state index in [-0.39, 0.29) is 30.7 Å². The standard InChI is InChI=1S/C25H29N3O5/c1-18-5-6-21-22(15-18)25(31)28(24(21)30)8-7-23(29)26-17-19-3-2-4-20(16-19)33-14-11-27-9-12-32-13-10-27/h2-6,15-16H,7-14,17H2,1H3,(H,26,29). The van der Waals surface area contributed by atoms with Crippen LogP contribution in [0.5, 0.6) is 5.75 Å². The second kappa shape index (κ2) is 10.6. The molecule has 0 saturated carbocycles. The van der Waals surface area contributed by atoms with Crippen LogP contribution < -0.4 is 10.1 Å². The Morgan fingerprint density at radius 1 is 1.03 bits per heavy atom. The van der Waals surface area contributed by atoms with Gasteiger partial charge in [0, 0.05) is 39.1 Å². The fraction of sp³-hybridized carbons (Fsp3) is 0.400. The van der Waals surface area contributed by atoms with Crippen molar-refractivity contribution < 1.29 is 23.9 Å². The highest BCUT2D eigenvalue weighted by atomic mass is 16.5. The third-order valence-electron chi connectivity index (χ3n) is 5.86. The van der Waals surface area contributed by atoms with Crippen LogP contribution in [0.15, 0.2) is 42.5 Å². The van der Waals surface area contributed by atoms with Crippen molar-refractivity contribution in [3.05, 3.63) is 64.7 Å². The van der Waals surface area contributed by atoms with Gasteiger partial charge in [0.25, 0.3) is 11.8 Å². The van der Waals surface area contributed by atoms with Crippen LogP contribution in [0.3, 0.4) is 0 Å². The Bertz CT molecular complexity index is 1030. The number of amides is 3. The lowest BCUT2D eigenvalue weighted by atomic mass is 10.1. The molecule has 174 valence electrons. The van der Waals surface area contributed by atoms with E-state index in [0.29, 0.717) is 24.3 Å². The zero-order valence-electron chi connectivity index (χ0n) is 18.8. The van der Waals surface area contributed by atoms with Crippen molar-refractivity contribution in [3.8, 4) is 5.75 Å². The Hall–Kier alpha value is -3.23. The number of morpholine rings is 1. The molecule has 33 heavy (non-hydrogen) atoms. The van der Waals surface area contributed by atoms with Crippen LogP contribution in [0.25, 0.3) is 0 Å². The summed E-state index contributed by atoms with van der Waals surface area (Å²) in [7, 11) is 0. The van der Waals surface area contributed by atoms with Gasteiger partial charge in [-0.05, 0) is 36.8 Å². The number of aryl methyl sites for hydroxylation is 1. The molecule has 2 aromatic rings. The first-order chi connectivity index (χ1) is 16.0. The minimum absolute atomic E-state index is 0.0557. The van der Waals surface area contributed by atoms with E-state index < -0.39 is 0 Å². The molecule has 3 amide bonds. The average Bonchev–Trinajstić information content (AvgIpc) is 3.06. The van der Waals surface area contributed by atoms with Crippen LogP contribution in [0, 0.1) is 6.92 Å². The third kappa shape index (κ3) is 5.77. The number of hydrogen-bond acceptors (Lipinski definition) is 6. The van der Waals surface area contributed by atoms with E-state index in [9.17, 15) is 14.4 Å². The predicted molar refractivity (Wildman–Crippen MR) is 122 cm³/mol. The van der Waals surface area contributed by atoms with E-state index >= 15 is 0 Å². The number of fused-ring (bicyclic) bond motifs is 1. The predicted octanol–water partition coefficient (Wildman–Crippen LogP) is 2.01. The Kier molecular flexibility index (Phi) is 7.36. The van der Waals surface area contributed by atoms with Gasteiger partial charge in [-0.2, -0.15) is 0 Å². The first-order valence-electron chi connectivity index (χ1n) is 11.3. The van der Waals surface area contributed by atoms with Crippen molar-refractivity contribution in [2.45, 2.75) is 19.9 Å². The van der Waals surface area contributed by atoms with E-state index in [2.05, 4.69) is 10.2 Å². The van der Waals surface area contributed by atoms with Crippen molar-refractivity contribution in [1.29, 1.82) is 0 Å². The van der Waals surface area contributed by atoms with Gasteiger partial charge in [0.1, 0.15) is 12.4 Å². The first kappa shape index (κ1) is 22.9. The maximum atomic E-state index is 12.5. The maximum Gasteiger partial charge on any atom is 0.261 e. The molecule has 0 radical (unpaired) electrons. The van der Waals surface area contributed by atoms with Crippen LogP contribution in [0.4, 0.5) is 0 Å². The highest BCUT2D eigenvalue weighted by molar-refractivity contribution is 6.21. The number of benzene rings is 2. The SMILES string of the molecule is Cc1ccc2c(c1)C(=O)N(CCC(=O)NCc1cccc(OCCN3CCOCC3)c1)C2=O. The molecule has 8 heteroatoms. The normalized spacial score (nSPS) is 16.1. The Balaban J connectivity index is 1.21. The highest BCUT2D eigenvalue weighted by Crippen LogP contribution is 2.24. The van der Waals surface area contributed by atoms with E-state index in [0.717, 1.165) is 54.6 Å². The fourth-order valence-corrected chi connectivity index (χ4v) is 3.97. The van der Waals surface area contributed by atoms with Crippen LogP contribution in [0.2, 0.25) is 0 Å². The lowest BCUT2D eigenvalue weighted by molar-refractivity contribution is -0.121. The largest absolute Gasteiger partial charge is 0.492 e. The number of hydrogen-bond donors (Lipinski definition) is 1. The van der Waals surface area contributed by atoms with Gasteiger partial charge in [0.15, 0.2) is 0 Å². The number of rotatable bonds is 9. The summed E-state index contributed by atoms with van der Waals surface area (Å²) in [6.45, 7) is 7.10. The second-order valence-corrected chi connectivity index (χ2v) is 8.29. The number of nitrogens with one attached hydrogen (secondary N) is 1. The maximum absolute atomic E-state index is 12.5. The Morgan fingerprint density at radius 3 is 2.64 bits per heavy atom. The minimum atomic E-state index is -0.343. The lowest BCUT2D eigenvalue weighted by Crippen LogP contribution is -2.38. The number of nitrogens with zero attached hydrogens (tertiary/aromatic N) is 2. The molecule has 2 aromatic carbocycles. The summed E-state index contributed by atoms with van der Waals surface area (Å²) in [6.07, 6.45) is 0.0557. The van der Waals surface area contributed by atoms with Gasteiger partial charge >= 0.3 is 0 Å². The monoisotopic (exact) mass is 451 g/mol. The molecule has 1 fully saturated rings. The van der Waals surface area contributed by atoms with Crippen LogP contribution in [-0.2, 0) is 16.1 Å². The fourth-order valence-electron chi connectivity index (χ4n) is 3.97. The summed E-state index contributed by atoms with van der Waals surface area (Å²) in [5.41, 5.74) is 2.65. The molecule has 4 rings (SSSR count). The quantitative estimate of drug-likeness (QED) is 0.587. The molecular weight excluding hydrogens is 422 g/mol. The molecule has 1 saturated heterocycles. The smallest absolute Gasteiger partial charge is 0.261 e. The summed E-state index contributed by atoms with van der Waals surface area (Å²) < 4.78 is 11.2. The van der Waals surface area contributed by atoms with E-state index in [1.807, 2.05) is 31.2 Å². The van der Waals surface area contributed by atoms with E-state index in [4.69, 9.17) is 9.47 Å². The van der Waals surface area contributed by atoms with Crippen molar-refractivity contribution in [2.75, 3.05) is 46.0 Å². The summed E-state index contributed by atoms with van der Waals surface area (Å²) in [4.78, 5) is 40.8. The molecule has 2 heterocycles. The van der Waals surface area contributed by atoms with E-state index in [1.54, 1.807) is 18.2 Å². The van der Waals surface area contributed by atoms with Crippen molar-refractivity contribution in [3.63, 3.8) is 0 Å². The topological polar surface area (TPSA) is 88.2 Å². The summed E-state index contributed by atoms with van der Waals surface area (Å²) in [5, 5.41) is 2.85. The minimum Gasteiger partial charge on any atom is -0.492 e. The van der Waals surface area contributed by atoms with Gasteiger partial charge < -0.3 is 14.8 Å². The molecule has 0 spiro atoms. The van der Waals surface area contributed by atoms with Crippen LogP contribution in [0.1, 0.15) is 38.3 Å². The van der Waals surface area contributed by atoms with Crippen molar-refractivity contribution >= 4 is 17.7 Å². The Labute approximate surface area is 193 Å². The molecule has 1 N–H and O–H groups in total. The lowest BCUT2D eigenvalue weighted by Gasteiger charge is -2.26. The van der Waals surface area contributed by atoms with Crippen LogP contribution in [-0.4, -0.2) is 73.5 Å². The summed E-state index contributed by atoms with van der Waals surface area (Å²) in [6, 6.07) is 12.8. The third-order valence-corrected chi connectivity index (χ3v) is 5.86. The Morgan fingerprint density at radius 2 is 1.82 bits per heavy atom. The number of carbonyl (C=O) groups excluding carboxylic acids is 3. The number of imide groups is 1. The van der Waals surface area contributed by atoms with Crippen molar-refractivity contribution in [2.24, 2.45) is 0 Å². The van der Waals surface area contributed by atoms with Gasteiger partial charge in [-0.3, -0.25) is 24.2 Å². The molecular formula is C25H29N3O5. The van der Waals surface area contributed by atoms with Gasteiger partial charge in [0.2, 0.25) is 5.91 Å². The average molecular weight is 452 g/mol. The molecule has 0 unspecified atom stereocenters. The number of ether oxygens (including phenoxy) is 2. The zero-order valence-corrected chi connectivity index (χ0v) is 18.8. The molecule has 0 aromatic heterocycles. The molecule has 8 nitrogen and oxygen atoms in total. The van der Waals surface area contributed by atoms with Crippen LogP contribution >= 0.6 is 0 Å². The zero-order chi connectivity index (χ0) is 23.2. The van der Waals surface area contributed by atoms with Crippen molar-refractivity contribution in [1.82, 2.24) is 15.1 Å². The molecule has 2 aliphatic rings. The molecule has 0 atom stereocenters. The molecule has 2 aliphatic heterocycles. The second-order valence-electron chi connectivity index (χ2n) is 8.29. The van der Waals surface area contributed by atoms with Gasteiger partial charge in [-0.15, -0.1) is 0 Å². The van der Waals surface area contributed by atoms with Gasteiger partial charge in [-0.25, -0.2) is 0 Å². The van der Waals surface area contributed by atoms with Gasteiger partial charge in [-0.1, -0.05) is 23.8 Å². The first-order valence-corrected chi connectivity index (χ1v) is 11.3. The van der Waals surface area contributed by atoms with E-state index in [1.165, 1.54) is 0 Å². The summed E-state index contributed by atoms with van der Waals surface area (Å²) >= 11 is 0. The highest BCUT2D eigenvalue weighted by Gasteiger charge is 2.35. The number of carbonyl (C=O) groups is 3. The molecule has 0 aliphatic carbocycles. The summed E-state index contributed by atoms with van der Waals surface area (Å²) in [5.74, 6) is -0.143. The molecule has 0 bridgehead atoms. The van der Waals surface area contributed by atoms with Gasteiger partial charge in [0.05, 0.1) is 24.3 Å².